The number of nitrogens with one attached hydrogen (secondary N) is 2. The van der Waals surface area contributed by atoms with Crippen LogP contribution in [0.3, 0.4) is 0 Å². The monoisotopic (exact) mass is 715 g/mol. The van der Waals surface area contributed by atoms with Crippen LogP contribution in [0.1, 0.15) is 175 Å². The molecule has 0 atom stereocenters. The lowest BCUT2D eigenvalue weighted by molar-refractivity contribution is 0.100. The van der Waals surface area contributed by atoms with Crippen LogP contribution in [0.25, 0.3) is 0 Å². The van der Waals surface area contributed by atoms with E-state index < -0.39 is 0 Å². The van der Waals surface area contributed by atoms with E-state index in [9.17, 15) is 9.59 Å². The Morgan fingerprint density at radius 1 is 0.462 bits per heavy atom. The molecule has 0 spiro atoms. The molecule has 0 fully saturated rings. The molecule has 0 unspecified atom stereocenters. The number of amides is 2. The second-order valence-electron chi connectivity index (χ2n) is 14.1. The number of nitrogens with zero attached hydrogens (tertiary/aromatic N) is 2. The SMILES string of the molecule is CCCCCCCCCCCCOc1ccc(NC(=O)c2nc(C)c(C(=O)Nc3ccc(OCCCCCCCCCCCC)cc3)nc2C)cc1. The Kier molecular flexibility index (Phi) is 21.2. The molecule has 1 aromatic heterocycles. The zero-order valence-electron chi connectivity index (χ0n) is 32.7. The van der Waals surface area contributed by atoms with Gasteiger partial charge in [-0.1, -0.05) is 129 Å². The molecule has 8 heteroatoms. The fourth-order valence-corrected chi connectivity index (χ4v) is 6.24. The Hall–Kier alpha value is -3.94. The van der Waals surface area contributed by atoms with E-state index in [2.05, 4.69) is 34.4 Å². The molecule has 2 amide bonds. The fourth-order valence-electron chi connectivity index (χ4n) is 6.24. The Morgan fingerprint density at radius 2 is 0.750 bits per heavy atom. The molecule has 52 heavy (non-hydrogen) atoms. The van der Waals surface area contributed by atoms with Crippen LogP contribution in [0.5, 0.6) is 11.5 Å². The number of rotatable bonds is 28. The number of ether oxygens (including phenoxy) is 2. The van der Waals surface area contributed by atoms with Crippen molar-refractivity contribution in [1.29, 1.82) is 0 Å². The van der Waals surface area contributed by atoms with Gasteiger partial charge in [-0.25, -0.2) is 9.97 Å². The first-order valence-electron chi connectivity index (χ1n) is 20.3. The predicted octanol–water partition coefficient (Wildman–Crippen LogP) is 12.2. The number of aryl methyl sites for hydroxylation is 2. The second-order valence-corrected chi connectivity index (χ2v) is 14.1. The largest absolute Gasteiger partial charge is 0.494 e. The standard InChI is InChI=1S/C44H66N4O4/c1-5-7-9-11-13-15-17-19-21-23-33-51-39-29-25-37(26-30-39)47-43(49)41-35(3)46-42(36(4)45-41)44(50)48-38-27-31-40(32-28-38)52-34-24-22-20-18-16-14-12-10-8-6-2/h25-32H,5-24,33-34H2,1-4H3,(H,47,49)(H,48,50). The Labute approximate surface area is 314 Å². The first-order chi connectivity index (χ1) is 25.4. The van der Waals surface area contributed by atoms with Gasteiger partial charge >= 0.3 is 0 Å². The van der Waals surface area contributed by atoms with E-state index in [1.54, 1.807) is 13.8 Å². The van der Waals surface area contributed by atoms with Crippen molar-refractivity contribution in [3.05, 3.63) is 71.3 Å². The topological polar surface area (TPSA) is 102 Å². The smallest absolute Gasteiger partial charge is 0.276 e. The minimum atomic E-state index is -0.382. The van der Waals surface area contributed by atoms with Gasteiger partial charge in [-0.3, -0.25) is 9.59 Å². The number of carbonyl (C=O) groups excluding carboxylic acids is 2. The van der Waals surface area contributed by atoms with E-state index in [1.807, 2.05) is 48.5 Å². The van der Waals surface area contributed by atoms with Crippen molar-refractivity contribution in [2.75, 3.05) is 23.8 Å². The van der Waals surface area contributed by atoms with Crippen LogP contribution < -0.4 is 20.1 Å². The summed E-state index contributed by atoms with van der Waals surface area (Å²) in [5.41, 5.74) is 2.38. The van der Waals surface area contributed by atoms with E-state index >= 15 is 0 Å². The van der Waals surface area contributed by atoms with Gasteiger partial charge in [-0.2, -0.15) is 0 Å². The van der Waals surface area contributed by atoms with Crippen LogP contribution in [0.4, 0.5) is 11.4 Å². The maximum Gasteiger partial charge on any atom is 0.276 e. The summed E-state index contributed by atoms with van der Waals surface area (Å²) in [6.45, 7) is 9.26. The lowest BCUT2D eigenvalue weighted by Crippen LogP contribution is -2.21. The molecule has 0 aliphatic heterocycles. The van der Waals surface area contributed by atoms with Crippen LogP contribution in [-0.4, -0.2) is 35.0 Å². The van der Waals surface area contributed by atoms with E-state index in [0.717, 1.165) is 24.3 Å². The number of hydrogen-bond donors (Lipinski definition) is 2. The normalized spacial score (nSPS) is 11.0. The summed E-state index contributed by atoms with van der Waals surface area (Å²) in [6.07, 6.45) is 25.8. The summed E-state index contributed by atoms with van der Waals surface area (Å²) in [5.74, 6) is 0.796. The predicted molar refractivity (Wildman–Crippen MR) is 215 cm³/mol. The third-order valence-electron chi connectivity index (χ3n) is 9.43. The van der Waals surface area contributed by atoms with Gasteiger partial charge in [0.2, 0.25) is 0 Å². The van der Waals surface area contributed by atoms with Gasteiger partial charge in [0.25, 0.3) is 11.8 Å². The van der Waals surface area contributed by atoms with Crippen LogP contribution in [-0.2, 0) is 0 Å². The van der Waals surface area contributed by atoms with Gasteiger partial charge in [-0.15, -0.1) is 0 Å². The summed E-state index contributed by atoms with van der Waals surface area (Å²) in [4.78, 5) is 35.1. The van der Waals surface area contributed by atoms with Crippen LogP contribution in [0, 0.1) is 13.8 Å². The van der Waals surface area contributed by atoms with Crippen molar-refractivity contribution in [2.24, 2.45) is 0 Å². The average Bonchev–Trinajstić information content (AvgIpc) is 3.14. The molecule has 0 aliphatic carbocycles. The van der Waals surface area contributed by atoms with Gasteiger partial charge in [0.1, 0.15) is 22.9 Å². The van der Waals surface area contributed by atoms with Gasteiger partial charge in [0.05, 0.1) is 24.6 Å². The molecule has 0 saturated heterocycles. The highest BCUT2D eigenvalue weighted by atomic mass is 16.5. The summed E-state index contributed by atoms with van der Waals surface area (Å²) in [7, 11) is 0. The third-order valence-corrected chi connectivity index (χ3v) is 9.43. The molecule has 2 N–H and O–H groups in total. The molecule has 8 nitrogen and oxygen atoms in total. The van der Waals surface area contributed by atoms with Crippen LogP contribution in [0.15, 0.2) is 48.5 Å². The number of aromatic nitrogens is 2. The van der Waals surface area contributed by atoms with Crippen LogP contribution >= 0.6 is 0 Å². The molecule has 1 heterocycles. The van der Waals surface area contributed by atoms with E-state index in [4.69, 9.17) is 9.47 Å². The fraction of sp³-hybridized carbons (Fsp3) is 0.591. The highest BCUT2D eigenvalue weighted by Gasteiger charge is 2.19. The molecule has 3 rings (SSSR count). The maximum atomic E-state index is 13.1. The molecule has 0 bridgehead atoms. The van der Waals surface area contributed by atoms with Crippen LogP contribution in [0.2, 0.25) is 0 Å². The zero-order chi connectivity index (χ0) is 37.2. The van der Waals surface area contributed by atoms with Crippen molar-refractivity contribution in [3.63, 3.8) is 0 Å². The molecular weight excluding hydrogens is 649 g/mol. The van der Waals surface area contributed by atoms with Crippen molar-refractivity contribution in [1.82, 2.24) is 9.97 Å². The summed E-state index contributed by atoms with van der Waals surface area (Å²) in [6, 6.07) is 14.7. The van der Waals surface area contributed by atoms with Crippen molar-refractivity contribution >= 4 is 23.2 Å². The maximum absolute atomic E-state index is 13.1. The number of anilines is 2. The van der Waals surface area contributed by atoms with Crippen molar-refractivity contribution in [2.45, 2.75) is 156 Å². The van der Waals surface area contributed by atoms with Gasteiger partial charge in [0.15, 0.2) is 0 Å². The summed E-state index contributed by atoms with van der Waals surface area (Å²) in [5, 5.41) is 5.77. The van der Waals surface area contributed by atoms with Gasteiger partial charge < -0.3 is 20.1 Å². The molecule has 0 saturated carbocycles. The molecule has 3 aromatic rings. The van der Waals surface area contributed by atoms with E-state index in [0.29, 0.717) is 36.0 Å². The molecular formula is C44H66N4O4. The first-order valence-corrected chi connectivity index (χ1v) is 20.3. The molecule has 2 aromatic carbocycles. The summed E-state index contributed by atoms with van der Waals surface area (Å²) < 4.78 is 11.8. The Morgan fingerprint density at radius 3 is 1.06 bits per heavy atom. The quantitative estimate of drug-likeness (QED) is 0.0726. The number of hydrogen-bond acceptors (Lipinski definition) is 6. The summed E-state index contributed by atoms with van der Waals surface area (Å²) >= 11 is 0. The van der Waals surface area contributed by atoms with Crippen molar-refractivity contribution in [3.8, 4) is 11.5 Å². The van der Waals surface area contributed by atoms with E-state index in [-0.39, 0.29) is 23.2 Å². The molecule has 0 aliphatic rings. The highest BCUT2D eigenvalue weighted by molar-refractivity contribution is 6.06. The lowest BCUT2D eigenvalue weighted by atomic mass is 10.1. The Bertz CT molecular complexity index is 1320. The third kappa shape index (κ3) is 17.1. The highest BCUT2D eigenvalue weighted by Crippen LogP contribution is 2.20. The number of unbranched alkanes of at least 4 members (excludes halogenated alkanes) is 18. The molecule has 0 radical (unpaired) electrons. The van der Waals surface area contributed by atoms with Crippen molar-refractivity contribution < 1.29 is 19.1 Å². The first kappa shape index (κ1) is 42.5. The minimum absolute atomic E-state index is 0.180. The van der Waals surface area contributed by atoms with Gasteiger partial charge in [-0.05, 0) is 75.2 Å². The second kappa shape index (κ2) is 25.9. The number of carbonyl (C=O) groups is 2. The zero-order valence-corrected chi connectivity index (χ0v) is 32.7. The van der Waals surface area contributed by atoms with E-state index in [1.165, 1.54) is 116 Å². The lowest BCUT2D eigenvalue weighted by Gasteiger charge is -2.12. The molecule has 286 valence electrons. The average molecular weight is 715 g/mol. The van der Waals surface area contributed by atoms with Gasteiger partial charge in [0, 0.05) is 11.4 Å². The minimum Gasteiger partial charge on any atom is -0.494 e. The Balaban J connectivity index is 1.35. The number of benzene rings is 2.